The molecule has 0 bridgehead atoms. The van der Waals surface area contributed by atoms with Gasteiger partial charge in [-0.2, -0.15) is 4.31 Å². The van der Waals surface area contributed by atoms with Gasteiger partial charge in [0.25, 0.3) is 0 Å². The molecule has 2 rings (SSSR count). The molecule has 0 saturated heterocycles. The number of furan rings is 1. The fraction of sp³-hybridized carbons (Fsp3) is 0.278. The molecule has 0 fully saturated rings. The van der Waals surface area contributed by atoms with Crippen LogP contribution in [0.5, 0.6) is 0 Å². The lowest BCUT2D eigenvalue weighted by molar-refractivity contribution is -0.116. The average molecular weight is 362 g/mol. The minimum Gasteiger partial charge on any atom is -0.467 e. The Kier molecular flexibility index (Phi) is 6.55. The van der Waals surface area contributed by atoms with E-state index in [4.69, 9.17) is 4.42 Å². The normalized spacial score (nSPS) is 12.0. The summed E-state index contributed by atoms with van der Waals surface area (Å²) in [6.07, 6.45) is 4.58. The van der Waals surface area contributed by atoms with Gasteiger partial charge in [-0.05, 0) is 35.9 Å². The van der Waals surface area contributed by atoms with E-state index in [2.05, 4.69) is 5.32 Å². The van der Waals surface area contributed by atoms with Crippen molar-refractivity contribution in [2.75, 3.05) is 13.1 Å². The second-order valence-electron chi connectivity index (χ2n) is 5.29. The van der Waals surface area contributed by atoms with Crippen molar-refractivity contribution in [1.29, 1.82) is 0 Å². The molecule has 1 N–H and O–H groups in total. The van der Waals surface area contributed by atoms with Crippen LogP contribution >= 0.6 is 0 Å². The van der Waals surface area contributed by atoms with E-state index in [0.717, 1.165) is 5.56 Å². The zero-order valence-corrected chi connectivity index (χ0v) is 15.1. The summed E-state index contributed by atoms with van der Waals surface area (Å²) in [4.78, 5) is 12.0. The van der Waals surface area contributed by atoms with E-state index in [9.17, 15) is 13.2 Å². The summed E-state index contributed by atoms with van der Waals surface area (Å²) in [7, 11) is -3.46. The number of hydrogen-bond acceptors (Lipinski definition) is 4. The van der Waals surface area contributed by atoms with E-state index >= 15 is 0 Å². The summed E-state index contributed by atoms with van der Waals surface area (Å²) in [6.45, 7) is 4.78. The number of rotatable bonds is 8. The van der Waals surface area contributed by atoms with Crippen molar-refractivity contribution in [3.05, 3.63) is 60.1 Å². The van der Waals surface area contributed by atoms with Crippen molar-refractivity contribution in [2.45, 2.75) is 25.3 Å². The first-order valence-corrected chi connectivity index (χ1v) is 9.50. The van der Waals surface area contributed by atoms with Crippen LogP contribution < -0.4 is 5.32 Å². The van der Waals surface area contributed by atoms with Gasteiger partial charge in [-0.15, -0.1) is 0 Å². The Hall–Kier alpha value is -2.38. The van der Waals surface area contributed by atoms with Gasteiger partial charge in [0.05, 0.1) is 17.7 Å². The Morgan fingerprint density at radius 1 is 1.16 bits per heavy atom. The molecule has 1 amide bonds. The van der Waals surface area contributed by atoms with Gasteiger partial charge in [-0.1, -0.05) is 26.0 Å². The standard InChI is InChI=1S/C18H22N2O4S/c1-3-20(4-2)25(22,23)17-10-7-15(8-11-17)9-12-18(21)19-14-16-6-5-13-24-16/h5-13H,3-4,14H2,1-2H3,(H,19,21)/b12-9-. The highest BCUT2D eigenvalue weighted by Crippen LogP contribution is 2.16. The van der Waals surface area contributed by atoms with Crippen LogP contribution in [0.3, 0.4) is 0 Å². The number of nitrogens with one attached hydrogen (secondary N) is 1. The number of amides is 1. The topological polar surface area (TPSA) is 79.6 Å². The van der Waals surface area contributed by atoms with Gasteiger partial charge in [0.2, 0.25) is 15.9 Å². The van der Waals surface area contributed by atoms with Crippen LogP contribution in [0.1, 0.15) is 25.2 Å². The maximum Gasteiger partial charge on any atom is 0.244 e. The van der Waals surface area contributed by atoms with E-state index in [1.165, 1.54) is 10.4 Å². The summed E-state index contributed by atoms with van der Waals surface area (Å²) in [6, 6.07) is 9.98. The Morgan fingerprint density at radius 3 is 2.40 bits per heavy atom. The molecule has 0 spiro atoms. The molecule has 134 valence electrons. The van der Waals surface area contributed by atoms with Crippen LogP contribution in [0.2, 0.25) is 0 Å². The van der Waals surface area contributed by atoms with E-state index in [-0.39, 0.29) is 10.8 Å². The molecule has 0 aliphatic carbocycles. The molecule has 1 aromatic heterocycles. The SMILES string of the molecule is CCN(CC)S(=O)(=O)c1ccc(/C=C\C(=O)NCc2ccco2)cc1. The van der Waals surface area contributed by atoms with Crippen LogP contribution in [0, 0.1) is 0 Å². The van der Waals surface area contributed by atoms with Crippen molar-refractivity contribution in [3.8, 4) is 0 Å². The molecule has 0 unspecified atom stereocenters. The summed E-state index contributed by atoms with van der Waals surface area (Å²) in [5, 5.41) is 2.70. The summed E-state index contributed by atoms with van der Waals surface area (Å²) >= 11 is 0. The van der Waals surface area contributed by atoms with Crippen LogP contribution in [-0.4, -0.2) is 31.7 Å². The minimum atomic E-state index is -3.46. The molecular formula is C18H22N2O4S. The molecule has 0 radical (unpaired) electrons. The second-order valence-corrected chi connectivity index (χ2v) is 7.23. The van der Waals surface area contributed by atoms with Gasteiger partial charge in [0.1, 0.15) is 5.76 Å². The van der Waals surface area contributed by atoms with Gasteiger partial charge in [-0.25, -0.2) is 8.42 Å². The zero-order chi connectivity index (χ0) is 18.3. The lowest BCUT2D eigenvalue weighted by atomic mass is 10.2. The Bertz CT molecular complexity index is 805. The van der Waals surface area contributed by atoms with E-state index in [1.54, 1.807) is 62.6 Å². The van der Waals surface area contributed by atoms with Gasteiger partial charge in [-0.3, -0.25) is 4.79 Å². The maximum atomic E-state index is 12.4. The van der Waals surface area contributed by atoms with Crippen molar-refractivity contribution in [1.82, 2.24) is 9.62 Å². The van der Waals surface area contributed by atoms with Gasteiger partial charge < -0.3 is 9.73 Å². The van der Waals surface area contributed by atoms with Gasteiger partial charge in [0.15, 0.2) is 0 Å². The predicted molar refractivity (Wildman–Crippen MR) is 96.1 cm³/mol. The molecule has 2 aromatic rings. The third kappa shape index (κ3) is 5.04. The number of benzene rings is 1. The molecule has 7 heteroatoms. The number of carbonyl (C=O) groups excluding carboxylic acids is 1. The first-order valence-electron chi connectivity index (χ1n) is 8.06. The quantitative estimate of drug-likeness (QED) is 0.732. The van der Waals surface area contributed by atoms with E-state index in [1.807, 2.05) is 0 Å². The molecular weight excluding hydrogens is 340 g/mol. The zero-order valence-electron chi connectivity index (χ0n) is 14.3. The van der Waals surface area contributed by atoms with Crippen molar-refractivity contribution >= 4 is 22.0 Å². The highest BCUT2D eigenvalue weighted by molar-refractivity contribution is 7.89. The smallest absolute Gasteiger partial charge is 0.244 e. The van der Waals surface area contributed by atoms with Crippen LogP contribution in [0.15, 0.2) is 58.1 Å². The molecule has 1 aromatic carbocycles. The van der Waals surface area contributed by atoms with Gasteiger partial charge >= 0.3 is 0 Å². The first-order chi connectivity index (χ1) is 12.0. The second kappa shape index (κ2) is 8.64. The maximum absolute atomic E-state index is 12.4. The first kappa shape index (κ1) is 19.0. The fourth-order valence-electron chi connectivity index (χ4n) is 2.28. The van der Waals surface area contributed by atoms with Crippen molar-refractivity contribution in [3.63, 3.8) is 0 Å². The third-order valence-corrected chi connectivity index (χ3v) is 5.73. The fourth-order valence-corrected chi connectivity index (χ4v) is 3.74. The Labute approximate surface area is 148 Å². The lowest BCUT2D eigenvalue weighted by Gasteiger charge is -2.18. The van der Waals surface area contributed by atoms with Crippen molar-refractivity contribution in [2.24, 2.45) is 0 Å². The highest BCUT2D eigenvalue weighted by Gasteiger charge is 2.20. The third-order valence-electron chi connectivity index (χ3n) is 3.67. The molecule has 0 saturated carbocycles. The summed E-state index contributed by atoms with van der Waals surface area (Å²) < 4.78 is 31.3. The highest BCUT2D eigenvalue weighted by atomic mass is 32.2. The lowest BCUT2D eigenvalue weighted by Crippen LogP contribution is -2.30. The molecule has 0 aliphatic rings. The van der Waals surface area contributed by atoms with E-state index < -0.39 is 10.0 Å². The monoisotopic (exact) mass is 362 g/mol. The van der Waals surface area contributed by atoms with Crippen LogP contribution in [0.25, 0.3) is 6.08 Å². The van der Waals surface area contributed by atoms with Gasteiger partial charge in [0, 0.05) is 19.2 Å². The number of hydrogen-bond donors (Lipinski definition) is 1. The van der Waals surface area contributed by atoms with Crippen molar-refractivity contribution < 1.29 is 17.6 Å². The Morgan fingerprint density at radius 2 is 1.84 bits per heavy atom. The summed E-state index contributed by atoms with van der Waals surface area (Å²) in [5.41, 5.74) is 0.742. The predicted octanol–water partition coefficient (Wildman–Crippen LogP) is 2.64. The van der Waals surface area contributed by atoms with Crippen LogP contribution in [0.4, 0.5) is 0 Å². The Balaban J connectivity index is 1.98. The number of sulfonamides is 1. The summed E-state index contributed by atoms with van der Waals surface area (Å²) in [5.74, 6) is 0.420. The number of nitrogens with zero attached hydrogens (tertiary/aromatic N) is 1. The molecule has 0 atom stereocenters. The molecule has 25 heavy (non-hydrogen) atoms. The average Bonchev–Trinajstić information content (AvgIpc) is 3.13. The van der Waals surface area contributed by atoms with Crippen LogP contribution in [-0.2, 0) is 21.4 Å². The minimum absolute atomic E-state index is 0.246. The van der Waals surface area contributed by atoms with E-state index in [0.29, 0.717) is 25.4 Å². The number of carbonyl (C=O) groups is 1. The molecule has 6 nitrogen and oxygen atoms in total. The molecule has 1 heterocycles. The molecule has 0 aliphatic heterocycles. The largest absolute Gasteiger partial charge is 0.467 e.